The maximum Gasteiger partial charge on any atom is 0.326 e. The van der Waals surface area contributed by atoms with Gasteiger partial charge in [-0.15, -0.1) is 0 Å². The van der Waals surface area contributed by atoms with E-state index in [2.05, 4.69) is 0 Å². The summed E-state index contributed by atoms with van der Waals surface area (Å²) >= 11 is 0. The lowest BCUT2D eigenvalue weighted by Crippen LogP contribution is -2.44. The lowest BCUT2D eigenvalue weighted by atomic mass is 9.97. The molecule has 3 atom stereocenters. The summed E-state index contributed by atoms with van der Waals surface area (Å²) < 4.78 is 5.20. The quantitative estimate of drug-likeness (QED) is 0.821. The molecule has 1 amide bonds. The Balaban J connectivity index is 2.22. The van der Waals surface area contributed by atoms with Gasteiger partial charge in [0.05, 0.1) is 12.0 Å². The van der Waals surface area contributed by atoms with Crippen molar-refractivity contribution in [3.63, 3.8) is 0 Å². The van der Waals surface area contributed by atoms with Crippen LogP contribution in [0.2, 0.25) is 0 Å². The molecule has 0 aromatic heterocycles. The van der Waals surface area contributed by atoms with Crippen LogP contribution in [0.15, 0.2) is 30.3 Å². The highest BCUT2D eigenvalue weighted by Crippen LogP contribution is 2.26. The van der Waals surface area contributed by atoms with Crippen molar-refractivity contribution in [2.45, 2.75) is 24.5 Å². The zero-order valence-electron chi connectivity index (χ0n) is 11.9. The van der Waals surface area contributed by atoms with Crippen molar-refractivity contribution in [1.29, 1.82) is 0 Å². The molecule has 1 aliphatic rings. The second kappa shape index (κ2) is 6.69. The highest BCUT2D eigenvalue weighted by Gasteiger charge is 2.41. The molecule has 0 bridgehead atoms. The van der Waals surface area contributed by atoms with Gasteiger partial charge in [-0.05, 0) is 5.56 Å². The Morgan fingerprint density at radius 3 is 2.62 bits per heavy atom. The summed E-state index contributed by atoms with van der Waals surface area (Å²) in [6.45, 7) is 0.430. The second-order valence-electron chi connectivity index (χ2n) is 5.14. The topological polar surface area (TPSA) is 92.9 Å². The number of aliphatic carboxylic acids is 1. The molecule has 114 valence electrons. The average molecular weight is 292 g/mol. The number of hydrogen-bond donors (Lipinski definition) is 2. The second-order valence-corrected chi connectivity index (χ2v) is 5.14. The Labute approximate surface area is 123 Å². The number of carboxylic acid groups (broad SMARTS) is 1. The summed E-state index contributed by atoms with van der Waals surface area (Å²) in [6.07, 6.45) is 0.0631. The van der Waals surface area contributed by atoms with Gasteiger partial charge in [0.2, 0.25) is 5.91 Å². The van der Waals surface area contributed by atoms with E-state index in [1.54, 1.807) is 0 Å². The summed E-state index contributed by atoms with van der Waals surface area (Å²) in [5, 5.41) is 9.29. The molecule has 1 fully saturated rings. The van der Waals surface area contributed by atoms with E-state index in [0.717, 1.165) is 5.56 Å². The van der Waals surface area contributed by atoms with E-state index in [0.29, 0.717) is 6.42 Å². The number of hydrogen-bond acceptors (Lipinski definition) is 4. The normalized spacial score (nSPS) is 23.0. The minimum absolute atomic E-state index is 0.142. The van der Waals surface area contributed by atoms with Crippen molar-refractivity contribution >= 4 is 11.9 Å². The number of likely N-dealkylation sites (tertiary alicyclic amines) is 1. The molecule has 2 rings (SSSR count). The molecule has 1 saturated heterocycles. The Bertz CT molecular complexity index is 506. The molecule has 6 nitrogen and oxygen atoms in total. The Kier molecular flexibility index (Phi) is 4.93. The van der Waals surface area contributed by atoms with Crippen LogP contribution in [0.1, 0.15) is 17.9 Å². The fourth-order valence-electron chi connectivity index (χ4n) is 2.71. The highest BCUT2D eigenvalue weighted by atomic mass is 16.5. The lowest BCUT2D eigenvalue weighted by molar-refractivity contribution is -0.148. The number of rotatable bonds is 5. The van der Waals surface area contributed by atoms with E-state index in [1.807, 2.05) is 30.3 Å². The predicted octanol–water partition coefficient (Wildman–Crippen LogP) is 0.429. The van der Waals surface area contributed by atoms with Gasteiger partial charge in [0.1, 0.15) is 6.04 Å². The number of methoxy groups -OCH3 is 1. The maximum absolute atomic E-state index is 12.7. The van der Waals surface area contributed by atoms with Gasteiger partial charge < -0.3 is 20.5 Å². The SMILES string of the molecule is COC1CC(C(=O)O)N(C(=O)C(CN)c2ccccc2)C1. The minimum Gasteiger partial charge on any atom is -0.480 e. The van der Waals surface area contributed by atoms with E-state index >= 15 is 0 Å². The number of benzene rings is 1. The Morgan fingerprint density at radius 1 is 1.43 bits per heavy atom. The molecular weight excluding hydrogens is 272 g/mol. The molecule has 21 heavy (non-hydrogen) atoms. The van der Waals surface area contributed by atoms with E-state index in [1.165, 1.54) is 12.0 Å². The summed E-state index contributed by atoms with van der Waals surface area (Å²) in [4.78, 5) is 25.4. The zero-order chi connectivity index (χ0) is 15.4. The van der Waals surface area contributed by atoms with Gasteiger partial charge in [0.15, 0.2) is 0 Å². The maximum atomic E-state index is 12.7. The van der Waals surface area contributed by atoms with Crippen LogP contribution < -0.4 is 5.73 Å². The third kappa shape index (κ3) is 3.22. The molecule has 3 N–H and O–H groups in total. The van der Waals surface area contributed by atoms with Gasteiger partial charge in [-0.3, -0.25) is 4.79 Å². The first-order valence-electron chi connectivity index (χ1n) is 6.89. The molecule has 1 aromatic carbocycles. The summed E-state index contributed by atoms with van der Waals surface area (Å²) in [5.41, 5.74) is 6.54. The third-order valence-electron chi connectivity index (χ3n) is 3.90. The molecule has 6 heteroatoms. The fourth-order valence-corrected chi connectivity index (χ4v) is 2.71. The van der Waals surface area contributed by atoms with Gasteiger partial charge >= 0.3 is 5.97 Å². The van der Waals surface area contributed by atoms with Gasteiger partial charge in [-0.25, -0.2) is 4.79 Å². The molecule has 0 spiro atoms. The number of carbonyl (C=O) groups is 2. The van der Waals surface area contributed by atoms with Crippen LogP contribution in [0, 0.1) is 0 Å². The van der Waals surface area contributed by atoms with Crippen molar-refractivity contribution in [3.8, 4) is 0 Å². The van der Waals surface area contributed by atoms with Crippen molar-refractivity contribution < 1.29 is 19.4 Å². The number of nitrogens with zero attached hydrogens (tertiary/aromatic N) is 1. The molecule has 0 radical (unpaired) electrons. The molecule has 0 aliphatic carbocycles. The van der Waals surface area contributed by atoms with E-state index in [9.17, 15) is 14.7 Å². The van der Waals surface area contributed by atoms with Gasteiger partial charge in [-0.2, -0.15) is 0 Å². The molecule has 1 aliphatic heterocycles. The largest absolute Gasteiger partial charge is 0.480 e. The predicted molar refractivity (Wildman–Crippen MR) is 76.8 cm³/mol. The summed E-state index contributed by atoms with van der Waals surface area (Å²) in [7, 11) is 1.52. The number of carboxylic acids is 1. The monoisotopic (exact) mass is 292 g/mol. The number of nitrogens with two attached hydrogens (primary N) is 1. The van der Waals surface area contributed by atoms with Crippen LogP contribution in [0.3, 0.4) is 0 Å². The van der Waals surface area contributed by atoms with Gasteiger partial charge in [0.25, 0.3) is 0 Å². The number of carbonyl (C=O) groups excluding carboxylic acids is 1. The highest BCUT2D eigenvalue weighted by molar-refractivity contribution is 5.89. The van der Waals surface area contributed by atoms with Crippen LogP contribution in [-0.4, -0.2) is 54.2 Å². The zero-order valence-corrected chi connectivity index (χ0v) is 11.9. The summed E-state index contributed by atoms with van der Waals surface area (Å²) in [6, 6.07) is 8.34. The molecule has 3 unspecified atom stereocenters. The lowest BCUT2D eigenvalue weighted by Gasteiger charge is -2.26. The van der Waals surface area contributed by atoms with Gasteiger partial charge in [-0.1, -0.05) is 30.3 Å². The van der Waals surface area contributed by atoms with Crippen molar-refractivity contribution in [3.05, 3.63) is 35.9 Å². The van der Waals surface area contributed by atoms with Crippen molar-refractivity contribution in [2.24, 2.45) is 5.73 Å². The van der Waals surface area contributed by atoms with Gasteiger partial charge in [0, 0.05) is 26.6 Å². The van der Waals surface area contributed by atoms with E-state index < -0.39 is 17.9 Å². The van der Waals surface area contributed by atoms with Crippen LogP contribution >= 0.6 is 0 Å². The van der Waals surface area contributed by atoms with Crippen LogP contribution in [0.25, 0.3) is 0 Å². The molecule has 0 saturated carbocycles. The standard InChI is InChI=1S/C15H20N2O4/c1-21-11-7-13(15(19)20)17(9-11)14(18)12(8-16)10-5-3-2-4-6-10/h2-6,11-13H,7-9,16H2,1H3,(H,19,20). The Hall–Kier alpha value is -1.92. The first kappa shape index (κ1) is 15.5. The minimum atomic E-state index is -1.01. The first-order chi connectivity index (χ1) is 10.1. The van der Waals surface area contributed by atoms with Crippen LogP contribution in [-0.2, 0) is 14.3 Å². The van der Waals surface area contributed by atoms with E-state index in [4.69, 9.17) is 10.5 Å². The molecular formula is C15H20N2O4. The number of ether oxygens (including phenoxy) is 1. The average Bonchev–Trinajstić information content (AvgIpc) is 2.93. The molecule has 1 heterocycles. The van der Waals surface area contributed by atoms with Crippen molar-refractivity contribution in [1.82, 2.24) is 4.90 Å². The fraction of sp³-hybridized carbons (Fsp3) is 0.467. The van der Waals surface area contributed by atoms with Crippen LogP contribution in [0.4, 0.5) is 0 Å². The third-order valence-corrected chi connectivity index (χ3v) is 3.90. The summed E-state index contributed by atoms with van der Waals surface area (Å²) in [5.74, 6) is -1.79. The first-order valence-corrected chi connectivity index (χ1v) is 6.89. The van der Waals surface area contributed by atoms with Crippen molar-refractivity contribution in [2.75, 3.05) is 20.2 Å². The van der Waals surface area contributed by atoms with E-state index in [-0.39, 0.29) is 25.1 Å². The molecule has 1 aromatic rings. The Morgan fingerprint density at radius 2 is 2.10 bits per heavy atom. The number of amides is 1. The smallest absolute Gasteiger partial charge is 0.326 e. The van der Waals surface area contributed by atoms with Crippen LogP contribution in [0.5, 0.6) is 0 Å².